The molecular weight excluding hydrogens is 491 g/mol. The molecule has 0 saturated heterocycles. The van der Waals surface area contributed by atoms with Crippen molar-refractivity contribution < 1.29 is 21.6 Å². The molecule has 0 bridgehead atoms. The summed E-state index contributed by atoms with van der Waals surface area (Å²) in [5.41, 5.74) is 1.58. The van der Waals surface area contributed by atoms with Gasteiger partial charge >= 0.3 is 6.18 Å². The zero-order valence-electron chi connectivity index (χ0n) is 18.8. The Morgan fingerprint density at radius 2 is 1.35 bits per heavy atom. The van der Waals surface area contributed by atoms with E-state index in [1.54, 1.807) is 0 Å². The van der Waals surface area contributed by atoms with Crippen molar-refractivity contribution in [1.29, 1.82) is 0 Å². The summed E-state index contributed by atoms with van der Waals surface area (Å²) in [4.78, 5) is 0.142. The first-order chi connectivity index (χ1) is 14.1. The summed E-state index contributed by atoms with van der Waals surface area (Å²) < 4.78 is 69.4. The van der Waals surface area contributed by atoms with Crippen molar-refractivity contribution in [2.24, 2.45) is 0 Å². The Morgan fingerprint density at radius 1 is 0.871 bits per heavy atom. The molecule has 0 amide bonds. The molecule has 0 fully saturated rings. The van der Waals surface area contributed by atoms with E-state index in [4.69, 9.17) is 0 Å². The number of hydrogen-bond donors (Lipinski definition) is 1. The highest BCUT2D eigenvalue weighted by Gasteiger charge is 2.35. The second-order valence-electron chi connectivity index (χ2n) is 8.77. The highest BCUT2D eigenvalue weighted by molar-refractivity contribution is 9.10. The molecule has 0 radical (unpaired) electrons. The van der Waals surface area contributed by atoms with Gasteiger partial charge in [0, 0.05) is 0 Å². The lowest BCUT2D eigenvalue weighted by Gasteiger charge is -2.24. The summed E-state index contributed by atoms with van der Waals surface area (Å²) in [6.45, 7) is 13.2. The quantitative estimate of drug-likeness (QED) is 0.420. The van der Waals surface area contributed by atoms with E-state index in [1.165, 1.54) is 13.0 Å². The molecule has 2 aromatic carbocycles. The number of hydrogen-bond acceptors (Lipinski definition) is 2. The van der Waals surface area contributed by atoms with Gasteiger partial charge in [-0.2, -0.15) is 13.2 Å². The molecule has 0 saturated carbocycles. The van der Waals surface area contributed by atoms with Crippen molar-refractivity contribution in [2.75, 3.05) is 4.72 Å². The Labute approximate surface area is 191 Å². The highest BCUT2D eigenvalue weighted by atomic mass is 79.9. The van der Waals surface area contributed by atoms with Gasteiger partial charge in [-0.15, -0.1) is 0 Å². The number of nitrogens with one attached hydrogen (secondary N) is 1. The van der Waals surface area contributed by atoms with Gasteiger partial charge in [0.1, 0.15) is 0 Å². The third kappa shape index (κ3) is 5.64. The van der Waals surface area contributed by atoms with E-state index in [0.717, 1.165) is 11.6 Å². The monoisotopic (exact) mass is 519 g/mol. The van der Waals surface area contributed by atoms with E-state index in [-0.39, 0.29) is 32.8 Å². The van der Waals surface area contributed by atoms with Crippen LogP contribution in [0.15, 0.2) is 33.6 Å². The van der Waals surface area contributed by atoms with Gasteiger partial charge in [-0.1, -0.05) is 53.7 Å². The maximum absolute atomic E-state index is 13.5. The summed E-state index contributed by atoms with van der Waals surface area (Å²) in [6.07, 6.45) is -4.61. The lowest BCUT2D eigenvalue weighted by Crippen LogP contribution is -2.20. The molecule has 8 heteroatoms. The minimum absolute atomic E-state index is 0.0885. The van der Waals surface area contributed by atoms with E-state index >= 15 is 0 Å². The lowest BCUT2D eigenvalue weighted by atomic mass is 9.89. The zero-order valence-corrected chi connectivity index (χ0v) is 21.2. The molecule has 1 N–H and O–H groups in total. The molecule has 0 atom stereocenters. The normalized spacial score (nSPS) is 12.8. The van der Waals surface area contributed by atoms with Gasteiger partial charge in [0.25, 0.3) is 10.0 Å². The minimum Gasteiger partial charge on any atom is -0.278 e. The summed E-state index contributed by atoms with van der Waals surface area (Å²) >= 11 is 2.96. The van der Waals surface area contributed by atoms with Crippen LogP contribution in [0.25, 0.3) is 0 Å². The van der Waals surface area contributed by atoms with E-state index in [2.05, 4.69) is 20.7 Å². The third-order valence-electron chi connectivity index (χ3n) is 5.11. The van der Waals surface area contributed by atoms with Crippen molar-refractivity contribution in [2.45, 2.75) is 77.3 Å². The van der Waals surface area contributed by atoms with Crippen LogP contribution in [-0.4, -0.2) is 8.42 Å². The second-order valence-corrected chi connectivity index (χ2v) is 11.2. The first kappa shape index (κ1) is 25.7. The zero-order chi connectivity index (χ0) is 23.9. The van der Waals surface area contributed by atoms with Crippen LogP contribution in [0.5, 0.6) is 0 Å². The van der Waals surface area contributed by atoms with Gasteiger partial charge in [0.2, 0.25) is 0 Å². The van der Waals surface area contributed by atoms with Crippen molar-refractivity contribution in [3.8, 4) is 0 Å². The van der Waals surface area contributed by atoms with Gasteiger partial charge in [-0.05, 0) is 75.0 Å². The average Bonchev–Trinajstić information content (AvgIpc) is 2.61. The SMILES string of the molecule is Cc1cc(NS(=O)(=O)c2c(C(C)C)cc(C(C)C)cc2C(C)C)c(Br)c(C(F)(F)F)c1. The smallest absolute Gasteiger partial charge is 0.278 e. The van der Waals surface area contributed by atoms with Crippen LogP contribution >= 0.6 is 15.9 Å². The fraction of sp³-hybridized carbons (Fsp3) is 0.478. The Bertz CT molecular complexity index is 1050. The summed E-state index contributed by atoms with van der Waals surface area (Å²) in [5.74, 6) is 0.0314. The van der Waals surface area contributed by atoms with Crippen LogP contribution in [0.3, 0.4) is 0 Å². The van der Waals surface area contributed by atoms with E-state index in [9.17, 15) is 21.6 Å². The Morgan fingerprint density at radius 3 is 1.74 bits per heavy atom. The summed E-state index contributed by atoms with van der Waals surface area (Å²) in [6, 6.07) is 6.16. The highest BCUT2D eigenvalue weighted by Crippen LogP contribution is 2.41. The topological polar surface area (TPSA) is 46.2 Å². The number of aryl methyl sites for hydroxylation is 1. The number of alkyl halides is 3. The Hall–Kier alpha value is -1.54. The molecule has 0 spiro atoms. The van der Waals surface area contributed by atoms with E-state index < -0.39 is 21.8 Å². The van der Waals surface area contributed by atoms with Crippen LogP contribution in [-0.2, 0) is 16.2 Å². The van der Waals surface area contributed by atoms with Gasteiger partial charge < -0.3 is 0 Å². The van der Waals surface area contributed by atoms with Crippen LogP contribution < -0.4 is 4.72 Å². The molecule has 0 aromatic heterocycles. The maximum Gasteiger partial charge on any atom is 0.417 e. The van der Waals surface area contributed by atoms with Crippen molar-refractivity contribution >= 4 is 31.6 Å². The Kier molecular flexibility index (Phi) is 7.58. The van der Waals surface area contributed by atoms with E-state index in [1.807, 2.05) is 53.7 Å². The molecule has 0 aliphatic carbocycles. The lowest BCUT2D eigenvalue weighted by molar-refractivity contribution is -0.138. The van der Waals surface area contributed by atoms with Crippen molar-refractivity contribution in [3.63, 3.8) is 0 Å². The maximum atomic E-state index is 13.5. The molecule has 2 aromatic rings. The van der Waals surface area contributed by atoms with Gasteiger partial charge in [-0.3, -0.25) is 4.72 Å². The van der Waals surface area contributed by atoms with E-state index in [0.29, 0.717) is 16.7 Å². The molecule has 0 unspecified atom stereocenters. The fourth-order valence-electron chi connectivity index (χ4n) is 3.45. The first-order valence-corrected chi connectivity index (χ1v) is 12.4. The average molecular weight is 520 g/mol. The van der Waals surface area contributed by atoms with Gasteiger partial charge in [0.05, 0.1) is 20.6 Å². The number of benzene rings is 2. The first-order valence-electron chi connectivity index (χ1n) is 10.1. The van der Waals surface area contributed by atoms with Gasteiger partial charge in [-0.25, -0.2) is 8.42 Å². The molecule has 3 nitrogen and oxygen atoms in total. The molecule has 31 heavy (non-hydrogen) atoms. The molecular formula is C23H29BrF3NO2S. The molecule has 172 valence electrons. The standard InChI is InChI=1S/C23H29BrF3NO2S/c1-12(2)16-10-17(13(3)4)22(18(11-16)14(5)6)31(29,30)28-20-9-15(7)8-19(21(20)24)23(25,26)27/h8-14,28H,1-7H3. The molecule has 2 rings (SSSR count). The number of halogens is 4. The predicted molar refractivity (Wildman–Crippen MR) is 123 cm³/mol. The molecule has 0 heterocycles. The number of sulfonamides is 1. The van der Waals surface area contributed by atoms with Gasteiger partial charge in [0.15, 0.2) is 0 Å². The number of rotatable bonds is 6. The summed E-state index contributed by atoms with van der Waals surface area (Å²) in [5, 5.41) is 0. The van der Waals surface area contributed by atoms with Crippen LogP contribution in [0.1, 0.15) is 87.1 Å². The third-order valence-corrected chi connectivity index (χ3v) is 7.47. The van der Waals surface area contributed by atoms with Crippen LogP contribution in [0.2, 0.25) is 0 Å². The Balaban J connectivity index is 2.76. The van der Waals surface area contributed by atoms with Crippen LogP contribution in [0, 0.1) is 6.92 Å². The molecule has 0 aliphatic rings. The van der Waals surface area contributed by atoms with Crippen molar-refractivity contribution in [1.82, 2.24) is 0 Å². The minimum atomic E-state index is -4.61. The van der Waals surface area contributed by atoms with Crippen molar-refractivity contribution in [3.05, 3.63) is 56.6 Å². The number of anilines is 1. The largest absolute Gasteiger partial charge is 0.417 e. The molecule has 0 aliphatic heterocycles. The predicted octanol–water partition coefficient (Wildman–Crippen LogP) is 7.95. The second kappa shape index (κ2) is 9.14. The summed E-state index contributed by atoms with van der Waals surface area (Å²) in [7, 11) is -4.16. The van der Waals surface area contributed by atoms with Crippen LogP contribution in [0.4, 0.5) is 18.9 Å². The fourth-order valence-corrected chi connectivity index (χ4v) is 5.89.